The van der Waals surface area contributed by atoms with Gasteiger partial charge < -0.3 is 29.7 Å². The molecule has 2 N–H and O–H groups in total. The molecule has 0 aliphatic carbocycles. The standard InChI is InChI=1S/C34H44BrN3O7/c1-4-6-16-37-17-12-8-11-15-26(40)44-20-24(22-13-9-7-10-14-22)36-31(41)27-28-32(42)38(25(19-39)21(3)5-2)30(33(37)43)34(28)18-23(35)29(27)45-34/h7-10,12-14,18,21,24-25,27-30,39H,4-6,11,15-17,19-20H2,1-3H3,(H,36,41)/b12-8-/t21-,24-,25-,27-,28+,29-,30-,34+/m0/s1. The molecule has 5 bridgehead atoms. The molecule has 244 valence electrons. The van der Waals surface area contributed by atoms with Crippen molar-refractivity contribution < 1.29 is 33.8 Å². The lowest BCUT2D eigenvalue weighted by molar-refractivity contribution is -0.151. The summed E-state index contributed by atoms with van der Waals surface area (Å²) in [7, 11) is 0. The van der Waals surface area contributed by atoms with E-state index in [1.165, 1.54) is 4.90 Å². The summed E-state index contributed by atoms with van der Waals surface area (Å²) in [6, 6.07) is 6.87. The molecule has 4 heterocycles. The van der Waals surface area contributed by atoms with E-state index < -0.39 is 53.5 Å². The molecule has 10 nitrogen and oxygen atoms in total. The quantitative estimate of drug-likeness (QED) is 0.316. The van der Waals surface area contributed by atoms with Crippen LogP contribution in [-0.2, 0) is 28.7 Å². The first-order chi connectivity index (χ1) is 21.7. The first-order valence-corrected chi connectivity index (χ1v) is 16.9. The number of aliphatic hydroxyl groups is 1. The number of nitrogens with one attached hydrogen (secondary N) is 1. The third-order valence-corrected chi connectivity index (χ3v) is 10.5. The Bertz CT molecular complexity index is 1340. The van der Waals surface area contributed by atoms with Crippen molar-refractivity contribution in [1.82, 2.24) is 15.1 Å². The molecule has 4 aliphatic heterocycles. The number of halogens is 1. The monoisotopic (exact) mass is 685 g/mol. The van der Waals surface area contributed by atoms with Gasteiger partial charge in [0.05, 0.1) is 30.5 Å². The number of rotatable bonds is 8. The summed E-state index contributed by atoms with van der Waals surface area (Å²) < 4.78 is 12.9. The van der Waals surface area contributed by atoms with E-state index in [0.717, 1.165) is 18.4 Å². The van der Waals surface area contributed by atoms with Crippen molar-refractivity contribution in [3.05, 3.63) is 58.6 Å². The molecule has 1 spiro atoms. The number of benzene rings is 1. The molecule has 8 atom stereocenters. The molecule has 1 aromatic carbocycles. The molecule has 0 unspecified atom stereocenters. The van der Waals surface area contributed by atoms with Crippen LogP contribution in [0.15, 0.2) is 53.0 Å². The Morgan fingerprint density at radius 3 is 2.56 bits per heavy atom. The summed E-state index contributed by atoms with van der Waals surface area (Å²) in [6.07, 6.45) is 7.65. The average Bonchev–Trinajstić information content (AvgIpc) is 3.63. The molecule has 2 fully saturated rings. The summed E-state index contributed by atoms with van der Waals surface area (Å²) in [5.41, 5.74) is -0.641. The minimum atomic E-state index is -1.39. The number of amides is 3. The van der Waals surface area contributed by atoms with Gasteiger partial charge in [0.2, 0.25) is 17.7 Å². The minimum absolute atomic E-state index is 0.0735. The van der Waals surface area contributed by atoms with E-state index in [2.05, 4.69) is 21.2 Å². The van der Waals surface area contributed by atoms with Crippen molar-refractivity contribution in [3.63, 3.8) is 0 Å². The topological polar surface area (TPSA) is 125 Å². The third kappa shape index (κ3) is 6.23. The summed E-state index contributed by atoms with van der Waals surface area (Å²) in [4.78, 5) is 59.5. The van der Waals surface area contributed by atoms with Gasteiger partial charge in [-0.15, -0.1) is 0 Å². The molecule has 45 heavy (non-hydrogen) atoms. The van der Waals surface area contributed by atoms with Gasteiger partial charge in [0.15, 0.2) is 0 Å². The maximum Gasteiger partial charge on any atom is 0.306 e. The first-order valence-electron chi connectivity index (χ1n) is 16.1. The highest BCUT2D eigenvalue weighted by atomic mass is 79.9. The number of esters is 1. The van der Waals surface area contributed by atoms with Gasteiger partial charge in [-0.3, -0.25) is 19.2 Å². The molecular formula is C34H44BrN3O7. The zero-order valence-electron chi connectivity index (χ0n) is 26.2. The number of carbonyl (C=O) groups is 4. The Balaban J connectivity index is 1.62. The highest BCUT2D eigenvalue weighted by molar-refractivity contribution is 9.11. The molecule has 4 aliphatic rings. The third-order valence-electron chi connectivity index (χ3n) is 9.78. The van der Waals surface area contributed by atoms with Gasteiger partial charge in [-0.25, -0.2) is 0 Å². The van der Waals surface area contributed by atoms with Crippen molar-refractivity contribution in [3.8, 4) is 0 Å². The Labute approximate surface area is 273 Å². The number of cyclic esters (lactones) is 1. The second-order valence-corrected chi connectivity index (χ2v) is 13.4. The lowest BCUT2D eigenvalue weighted by Crippen LogP contribution is -2.59. The molecule has 1 aromatic rings. The van der Waals surface area contributed by atoms with Gasteiger partial charge >= 0.3 is 5.97 Å². The van der Waals surface area contributed by atoms with Crippen molar-refractivity contribution in [2.24, 2.45) is 17.8 Å². The molecule has 3 amide bonds. The van der Waals surface area contributed by atoms with E-state index in [0.29, 0.717) is 23.9 Å². The summed E-state index contributed by atoms with van der Waals surface area (Å²) in [5.74, 6) is -3.52. The lowest BCUT2D eigenvalue weighted by atomic mass is 9.74. The van der Waals surface area contributed by atoms with Crippen LogP contribution in [0.4, 0.5) is 0 Å². The fourth-order valence-electron chi connectivity index (χ4n) is 7.16. The van der Waals surface area contributed by atoms with E-state index in [1.54, 1.807) is 11.0 Å². The summed E-state index contributed by atoms with van der Waals surface area (Å²) in [5, 5.41) is 13.7. The fourth-order valence-corrected chi connectivity index (χ4v) is 7.90. The normalized spacial score (nSPS) is 32.6. The van der Waals surface area contributed by atoms with Crippen molar-refractivity contribution in [2.75, 3.05) is 26.3 Å². The number of hydrogen-bond acceptors (Lipinski definition) is 7. The van der Waals surface area contributed by atoms with Gasteiger partial charge in [-0.1, -0.05) is 92.0 Å². The molecule has 0 aromatic heterocycles. The maximum absolute atomic E-state index is 14.7. The number of fused-ring (bicyclic) bond motifs is 2. The number of ether oxygens (including phenoxy) is 2. The predicted octanol–water partition coefficient (Wildman–Crippen LogP) is 3.65. The molecule has 11 heteroatoms. The van der Waals surface area contributed by atoms with Crippen molar-refractivity contribution >= 4 is 39.6 Å². The minimum Gasteiger partial charge on any atom is -0.463 e. The van der Waals surface area contributed by atoms with E-state index in [-0.39, 0.29) is 43.9 Å². The number of unbranched alkanes of at least 4 members (excludes halogenated alkanes) is 1. The zero-order chi connectivity index (χ0) is 32.3. The van der Waals surface area contributed by atoms with Crippen LogP contribution in [0.5, 0.6) is 0 Å². The van der Waals surface area contributed by atoms with Gasteiger partial charge in [0.25, 0.3) is 0 Å². The van der Waals surface area contributed by atoms with Crippen molar-refractivity contribution in [2.45, 2.75) is 82.7 Å². The predicted molar refractivity (Wildman–Crippen MR) is 171 cm³/mol. The SMILES string of the molecule is CCCCN1C/C=C\CCC(=O)OC[C@@H](c2ccccc2)NC(=O)[C@@H]2[C@H]3O[C@@]4(C=C3Br)[C@H](C1=O)N([C@@H](CO)[C@@H](C)CC)C(=O)[C@@H]24. The van der Waals surface area contributed by atoms with Gasteiger partial charge in [-0.05, 0) is 30.4 Å². The summed E-state index contributed by atoms with van der Waals surface area (Å²) in [6.45, 7) is 6.34. The van der Waals surface area contributed by atoms with E-state index >= 15 is 0 Å². The highest BCUT2D eigenvalue weighted by Gasteiger charge is 2.75. The van der Waals surface area contributed by atoms with Gasteiger partial charge in [-0.2, -0.15) is 0 Å². The Morgan fingerprint density at radius 1 is 1.11 bits per heavy atom. The van der Waals surface area contributed by atoms with E-state index in [9.17, 15) is 24.3 Å². The Kier molecular flexibility index (Phi) is 10.5. The zero-order valence-corrected chi connectivity index (χ0v) is 27.8. The number of allylic oxidation sites excluding steroid dienone is 1. The number of hydrogen-bond donors (Lipinski definition) is 2. The van der Waals surface area contributed by atoms with E-state index in [1.807, 2.05) is 63.3 Å². The first kappa shape index (κ1) is 33.3. The largest absolute Gasteiger partial charge is 0.463 e. The van der Waals surface area contributed by atoms with Crippen LogP contribution in [0.1, 0.15) is 64.5 Å². The van der Waals surface area contributed by atoms with E-state index in [4.69, 9.17) is 9.47 Å². The summed E-state index contributed by atoms with van der Waals surface area (Å²) >= 11 is 3.61. The van der Waals surface area contributed by atoms with Gasteiger partial charge in [0.1, 0.15) is 24.4 Å². The van der Waals surface area contributed by atoms with Crippen LogP contribution in [-0.4, -0.2) is 88.7 Å². The molecule has 0 saturated carbocycles. The fraction of sp³-hybridized carbons (Fsp3) is 0.588. The number of carbonyl (C=O) groups excluding carboxylic acids is 4. The van der Waals surface area contributed by atoms with Crippen molar-refractivity contribution in [1.29, 1.82) is 0 Å². The van der Waals surface area contributed by atoms with Crippen LogP contribution in [0.2, 0.25) is 0 Å². The average molecular weight is 687 g/mol. The molecule has 5 rings (SSSR count). The highest BCUT2D eigenvalue weighted by Crippen LogP contribution is 2.59. The lowest BCUT2D eigenvalue weighted by Gasteiger charge is -2.40. The van der Waals surface area contributed by atoms with Gasteiger partial charge in [0, 0.05) is 24.0 Å². The Hall–Kier alpha value is -3.02. The van der Waals surface area contributed by atoms with Crippen LogP contribution in [0.3, 0.4) is 0 Å². The molecule has 2 saturated heterocycles. The van der Waals surface area contributed by atoms with Crippen LogP contribution in [0.25, 0.3) is 0 Å². The molecular weight excluding hydrogens is 642 g/mol. The maximum atomic E-state index is 14.7. The van der Waals surface area contributed by atoms with Crippen LogP contribution < -0.4 is 5.32 Å². The Morgan fingerprint density at radius 2 is 1.87 bits per heavy atom. The molecule has 0 radical (unpaired) electrons. The second-order valence-electron chi connectivity index (χ2n) is 12.5. The van der Waals surface area contributed by atoms with Crippen LogP contribution >= 0.6 is 15.9 Å². The number of aliphatic hydroxyl groups excluding tert-OH is 1. The second kappa shape index (κ2) is 14.2. The number of nitrogens with zero attached hydrogens (tertiary/aromatic N) is 2. The number of likely N-dealkylation sites (tertiary alicyclic amines) is 1. The smallest absolute Gasteiger partial charge is 0.306 e. The van der Waals surface area contributed by atoms with Crippen LogP contribution in [0, 0.1) is 17.8 Å².